The molecule has 1 N–H and O–H groups in total. The average molecular weight is 140 g/mol. The van der Waals surface area contributed by atoms with Gasteiger partial charge in [-0.05, 0) is 6.42 Å². The van der Waals surface area contributed by atoms with Crippen molar-refractivity contribution in [1.29, 1.82) is 5.26 Å². The molecular formula is C7H12N2O. The molecule has 1 saturated heterocycles. The lowest BCUT2D eigenvalue weighted by molar-refractivity contribution is -0.0100. The van der Waals surface area contributed by atoms with Crippen LogP contribution in [0.2, 0.25) is 0 Å². The second-order valence-corrected chi connectivity index (χ2v) is 2.44. The van der Waals surface area contributed by atoms with Crippen LogP contribution >= 0.6 is 0 Å². The summed E-state index contributed by atoms with van der Waals surface area (Å²) in [7, 11) is 0. The highest BCUT2D eigenvalue weighted by molar-refractivity contribution is 4.89. The lowest BCUT2D eigenvalue weighted by atomic mass is 10.2. The van der Waals surface area contributed by atoms with Crippen LogP contribution in [0.1, 0.15) is 13.3 Å². The Morgan fingerprint density at radius 1 is 1.70 bits per heavy atom. The van der Waals surface area contributed by atoms with E-state index in [1.54, 1.807) is 0 Å². The Morgan fingerprint density at radius 2 is 2.50 bits per heavy atom. The zero-order valence-electron chi connectivity index (χ0n) is 6.13. The molecule has 0 amide bonds. The summed E-state index contributed by atoms with van der Waals surface area (Å²) in [4.78, 5) is 0. The van der Waals surface area contributed by atoms with E-state index in [2.05, 4.69) is 18.3 Å². The van der Waals surface area contributed by atoms with Crippen molar-refractivity contribution in [3.63, 3.8) is 0 Å². The zero-order chi connectivity index (χ0) is 7.40. The van der Waals surface area contributed by atoms with Gasteiger partial charge < -0.3 is 10.1 Å². The predicted molar refractivity (Wildman–Crippen MR) is 37.4 cm³/mol. The molecule has 3 nitrogen and oxygen atoms in total. The number of ether oxygens (including phenoxy) is 1. The molecule has 0 aliphatic carbocycles. The molecule has 10 heavy (non-hydrogen) atoms. The van der Waals surface area contributed by atoms with Crippen molar-refractivity contribution >= 4 is 0 Å². The van der Waals surface area contributed by atoms with E-state index >= 15 is 0 Å². The summed E-state index contributed by atoms with van der Waals surface area (Å²) in [5.41, 5.74) is 0. The topological polar surface area (TPSA) is 45.0 Å². The molecule has 1 aliphatic heterocycles. The first-order valence-electron chi connectivity index (χ1n) is 3.62. The van der Waals surface area contributed by atoms with Crippen molar-refractivity contribution in [2.24, 2.45) is 0 Å². The Hall–Kier alpha value is -0.590. The number of nitrogens with one attached hydrogen (secondary N) is 1. The van der Waals surface area contributed by atoms with Crippen molar-refractivity contribution in [2.45, 2.75) is 25.6 Å². The SMILES string of the molecule is CCC1CNCC(C#N)O1. The summed E-state index contributed by atoms with van der Waals surface area (Å²) in [6, 6.07) is 2.08. The molecular weight excluding hydrogens is 128 g/mol. The van der Waals surface area contributed by atoms with Crippen molar-refractivity contribution in [3.05, 3.63) is 0 Å². The van der Waals surface area contributed by atoms with Crippen molar-refractivity contribution in [3.8, 4) is 6.07 Å². The molecule has 0 aromatic rings. The lowest BCUT2D eigenvalue weighted by Gasteiger charge is -2.25. The standard InChI is InChI=1S/C7H12N2O/c1-2-6-4-9-5-7(3-8)10-6/h6-7,9H,2,4-5H2,1H3. The largest absolute Gasteiger partial charge is 0.357 e. The normalized spacial score (nSPS) is 33.2. The first kappa shape index (κ1) is 7.52. The molecule has 1 fully saturated rings. The Balaban J connectivity index is 2.33. The minimum atomic E-state index is -0.237. The lowest BCUT2D eigenvalue weighted by Crippen LogP contribution is -2.43. The van der Waals surface area contributed by atoms with Gasteiger partial charge in [-0.25, -0.2) is 0 Å². The zero-order valence-corrected chi connectivity index (χ0v) is 6.13. The summed E-state index contributed by atoms with van der Waals surface area (Å²) in [6.07, 6.45) is 0.975. The molecule has 0 saturated carbocycles. The molecule has 2 atom stereocenters. The van der Waals surface area contributed by atoms with Crippen molar-refractivity contribution in [1.82, 2.24) is 5.32 Å². The van der Waals surface area contributed by atoms with Gasteiger partial charge in [-0.15, -0.1) is 0 Å². The first-order chi connectivity index (χ1) is 4.86. The molecule has 0 aromatic carbocycles. The first-order valence-corrected chi connectivity index (χ1v) is 3.62. The molecule has 2 unspecified atom stereocenters. The van der Waals surface area contributed by atoms with Crippen LogP contribution in [0.3, 0.4) is 0 Å². The van der Waals surface area contributed by atoms with Gasteiger partial charge in [0.05, 0.1) is 12.2 Å². The number of hydrogen-bond acceptors (Lipinski definition) is 3. The number of nitriles is 1. The van der Waals surface area contributed by atoms with Crippen LogP contribution in [-0.4, -0.2) is 25.3 Å². The van der Waals surface area contributed by atoms with Gasteiger partial charge in [-0.1, -0.05) is 6.92 Å². The maximum absolute atomic E-state index is 8.49. The van der Waals surface area contributed by atoms with Gasteiger partial charge in [0, 0.05) is 13.1 Å². The fraction of sp³-hybridized carbons (Fsp3) is 0.857. The number of rotatable bonds is 1. The molecule has 1 aliphatic rings. The van der Waals surface area contributed by atoms with E-state index in [9.17, 15) is 0 Å². The summed E-state index contributed by atoms with van der Waals surface area (Å²) in [6.45, 7) is 3.62. The number of nitrogens with zero attached hydrogens (tertiary/aromatic N) is 1. The Labute approximate surface area is 61.0 Å². The Kier molecular flexibility index (Phi) is 2.67. The molecule has 0 spiro atoms. The average Bonchev–Trinajstić information content (AvgIpc) is 2.05. The summed E-state index contributed by atoms with van der Waals surface area (Å²) in [5, 5.41) is 11.6. The smallest absolute Gasteiger partial charge is 0.156 e. The van der Waals surface area contributed by atoms with E-state index in [4.69, 9.17) is 10.00 Å². The maximum Gasteiger partial charge on any atom is 0.156 e. The van der Waals surface area contributed by atoms with Crippen molar-refractivity contribution < 1.29 is 4.74 Å². The molecule has 0 aromatic heterocycles. The van der Waals surface area contributed by atoms with Crippen LogP contribution in [-0.2, 0) is 4.74 Å². The molecule has 56 valence electrons. The summed E-state index contributed by atoms with van der Waals surface area (Å²) >= 11 is 0. The van der Waals surface area contributed by atoms with E-state index < -0.39 is 0 Å². The highest BCUT2D eigenvalue weighted by atomic mass is 16.5. The molecule has 0 radical (unpaired) electrons. The van der Waals surface area contributed by atoms with Crippen molar-refractivity contribution in [2.75, 3.05) is 13.1 Å². The fourth-order valence-electron chi connectivity index (χ4n) is 1.02. The molecule has 0 bridgehead atoms. The van der Waals surface area contributed by atoms with Gasteiger partial charge in [0.25, 0.3) is 0 Å². The van der Waals surface area contributed by atoms with Crippen LogP contribution < -0.4 is 5.32 Å². The van der Waals surface area contributed by atoms with Crippen LogP contribution in [0.4, 0.5) is 0 Å². The van der Waals surface area contributed by atoms with Crippen LogP contribution in [0.15, 0.2) is 0 Å². The predicted octanol–water partition coefficient (Wildman–Crippen LogP) is 0.277. The van der Waals surface area contributed by atoms with Gasteiger partial charge in [-0.3, -0.25) is 0 Å². The van der Waals surface area contributed by atoms with E-state index in [0.29, 0.717) is 6.54 Å². The molecule has 1 heterocycles. The monoisotopic (exact) mass is 140 g/mol. The van der Waals surface area contributed by atoms with E-state index in [0.717, 1.165) is 13.0 Å². The van der Waals surface area contributed by atoms with E-state index in [-0.39, 0.29) is 12.2 Å². The third kappa shape index (κ3) is 1.69. The van der Waals surface area contributed by atoms with Crippen LogP contribution in [0, 0.1) is 11.3 Å². The minimum absolute atomic E-state index is 0.235. The van der Waals surface area contributed by atoms with Crippen LogP contribution in [0.25, 0.3) is 0 Å². The van der Waals surface area contributed by atoms with Crippen LogP contribution in [0.5, 0.6) is 0 Å². The summed E-state index contributed by atoms with van der Waals surface area (Å²) < 4.78 is 5.36. The summed E-state index contributed by atoms with van der Waals surface area (Å²) in [5.74, 6) is 0. The fourth-order valence-corrected chi connectivity index (χ4v) is 1.02. The third-order valence-corrected chi connectivity index (χ3v) is 1.66. The Bertz CT molecular complexity index is 141. The Morgan fingerprint density at radius 3 is 3.10 bits per heavy atom. The molecule has 1 rings (SSSR count). The van der Waals surface area contributed by atoms with Gasteiger partial charge in [0.15, 0.2) is 6.10 Å². The highest BCUT2D eigenvalue weighted by Crippen LogP contribution is 2.05. The highest BCUT2D eigenvalue weighted by Gasteiger charge is 2.19. The molecule has 3 heteroatoms. The second-order valence-electron chi connectivity index (χ2n) is 2.44. The van der Waals surface area contributed by atoms with Gasteiger partial charge >= 0.3 is 0 Å². The van der Waals surface area contributed by atoms with E-state index in [1.807, 2.05) is 0 Å². The second kappa shape index (κ2) is 3.55. The quantitative estimate of drug-likeness (QED) is 0.569. The minimum Gasteiger partial charge on any atom is -0.357 e. The van der Waals surface area contributed by atoms with E-state index in [1.165, 1.54) is 0 Å². The number of morpholine rings is 1. The number of hydrogen-bond donors (Lipinski definition) is 1. The van der Waals surface area contributed by atoms with Gasteiger partial charge in [0.2, 0.25) is 0 Å². The van der Waals surface area contributed by atoms with Gasteiger partial charge in [0.1, 0.15) is 0 Å². The van der Waals surface area contributed by atoms with Gasteiger partial charge in [-0.2, -0.15) is 5.26 Å². The maximum atomic E-state index is 8.49. The third-order valence-electron chi connectivity index (χ3n) is 1.66.